The van der Waals surface area contributed by atoms with Gasteiger partial charge in [0.15, 0.2) is 15.1 Å². The second-order valence-electron chi connectivity index (χ2n) is 5.73. The maximum Gasteiger partial charge on any atom is 0.325 e. The van der Waals surface area contributed by atoms with Gasteiger partial charge in [-0.1, -0.05) is 48.5 Å². The molecule has 0 aromatic heterocycles. The van der Waals surface area contributed by atoms with Crippen LogP contribution < -0.4 is 0 Å². The van der Waals surface area contributed by atoms with Crippen LogP contribution in [0.1, 0.15) is 24.8 Å². The lowest BCUT2D eigenvalue weighted by Crippen LogP contribution is -2.38. The van der Waals surface area contributed by atoms with Crippen LogP contribution in [0.4, 0.5) is 0 Å². The predicted octanol–water partition coefficient (Wildman–Crippen LogP) is 2.76. The molecule has 0 aliphatic rings. The summed E-state index contributed by atoms with van der Waals surface area (Å²) in [5, 5.41) is -1.49. The van der Waals surface area contributed by atoms with Crippen molar-refractivity contribution in [1.29, 1.82) is 0 Å². The van der Waals surface area contributed by atoms with E-state index in [0.717, 1.165) is 7.11 Å². The molecule has 2 aromatic rings. The first-order chi connectivity index (χ1) is 11.9. The lowest BCUT2D eigenvalue weighted by molar-refractivity contribution is -0.140. The zero-order valence-electron chi connectivity index (χ0n) is 14.1. The predicted molar refractivity (Wildman–Crippen MR) is 93.9 cm³/mol. The zero-order chi connectivity index (χ0) is 18.4. The molecule has 0 bridgehead atoms. The van der Waals surface area contributed by atoms with Gasteiger partial charge in [-0.15, -0.1) is 0 Å². The van der Waals surface area contributed by atoms with Crippen LogP contribution in [-0.2, 0) is 24.2 Å². The van der Waals surface area contributed by atoms with Crippen molar-refractivity contribution in [2.75, 3.05) is 7.11 Å². The average Bonchev–Trinajstić information content (AvgIpc) is 2.62. The highest BCUT2D eigenvalue weighted by Crippen LogP contribution is 2.32. The van der Waals surface area contributed by atoms with Crippen LogP contribution in [-0.4, -0.2) is 32.5 Å². The van der Waals surface area contributed by atoms with Crippen molar-refractivity contribution in [3.63, 3.8) is 0 Å². The van der Waals surface area contributed by atoms with Crippen LogP contribution in [0.25, 0.3) is 0 Å². The molecule has 132 valence electrons. The first kappa shape index (κ1) is 18.9. The first-order valence-corrected chi connectivity index (χ1v) is 9.33. The van der Waals surface area contributed by atoms with E-state index in [2.05, 4.69) is 0 Å². The SMILES string of the molecule is COC(=O)C([C@H](CC(C)=O)c1ccccc1)S(=O)(=O)c1ccccc1. The molecule has 0 fully saturated rings. The Labute approximate surface area is 147 Å². The number of Topliss-reactive ketones (excluding diaryl/α,β-unsaturated/α-hetero) is 1. The maximum atomic E-state index is 13.1. The van der Waals surface area contributed by atoms with Crippen LogP contribution in [0.15, 0.2) is 65.6 Å². The maximum absolute atomic E-state index is 13.1. The highest BCUT2D eigenvalue weighted by molar-refractivity contribution is 7.92. The summed E-state index contributed by atoms with van der Waals surface area (Å²) >= 11 is 0. The van der Waals surface area contributed by atoms with Crippen molar-refractivity contribution in [2.24, 2.45) is 0 Å². The summed E-state index contributed by atoms with van der Waals surface area (Å²) in [6.07, 6.45) is -0.0736. The van der Waals surface area contributed by atoms with Gasteiger partial charge in [-0.3, -0.25) is 4.79 Å². The van der Waals surface area contributed by atoms with E-state index in [9.17, 15) is 18.0 Å². The van der Waals surface area contributed by atoms with Crippen LogP contribution in [0.3, 0.4) is 0 Å². The summed E-state index contributed by atoms with van der Waals surface area (Å²) in [5.41, 5.74) is 0.604. The zero-order valence-corrected chi connectivity index (χ0v) is 14.9. The summed E-state index contributed by atoms with van der Waals surface area (Å²) in [6, 6.07) is 16.4. The molecular formula is C19H20O5S. The van der Waals surface area contributed by atoms with Gasteiger partial charge >= 0.3 is 5.97 Å². The molecule has 5 nitrogen and oxygen atoms in total. The van der Waals surface area contributed by atoms with Crippen LogP contribution in [0.2, 0.25) is 0 Å². The van der Waals surface area contributed by atoms with Gasteiger partial charge in [0.05, 0.1) is 12.0 Å². The Kier molecular flexibility index (Phi) is 6.09. The van der Waals surface area contributed by atoms with Gasteiger partial charge in [-0.05, 0) is 24.6 Å². The molecule has 25 heavy (non-hydrogen) atoms. The summed E-state index contributed by atoms with van der Waals surface area (Å²) in [4.78, 5) is 24.2. The Balaban J connectivity index is 2.61. The highest BCUT2D eigenvalue weighted by Gasteiger charge is 2.42. The molecule has 0 saturated heterocycles. The highest BCUT2D eigenvalue weighted by atomic mass is 32.2. The third-order valence-electron chi connectivity index (χ3n) is 3.94. The molecule has 0 radical (unpaired) electrons. The molecule has 0 N–H and O–H groups in total. The van der Waals surface area contributed by atoms with Gasteiger partial charge in [0.2, 0.25) is 0 Å². The van der Waals surface area contributed by atoms with E-state index in [1.807, 2.05) is 0 Å². The molecule has 0 heterocycles. The monoisotopic (exact) mass is 360 g/mol. The smallest absolute Gasteiger partial charge is 0.325 e. The van der Waals surface area contributed by atoms with E-state index in [4.69, 9.17) is 4.74 Å². The lowest BCUT2D eigenvalue weighted by Gasteiger charge is -2.25. The number of esters is 1. The van der Waals surface area contributed by atoms with E-state index < -0.39 is 27.0 Å². The normalized spacial score (nSPS) is 13.7. The number of ether oxygens (including phenoxy) is 1. The van der Waals surface area contributed by atoms with Crippen molar-refractivity contribution < 1.29 is 22.7 Å². The summed E-state index contributed by atoms with van der Waals surface area (Å²) in [6.45, 7) is 1.37. The molecule has 0 aliphatic carbocycles. The number of sulfone groups is 1. The molecule has 1 unspecified atom stereocenters. The number of rotatable bonds is 7. The number of benzene rings is 2. The number of hydrogen-bond acceptors (Lipinski definition) is 5. The van der Waals surface area contributed by atoms with Crippen LogP contribution in [0, 0.1) is 0 Å². The third kappa shape index (κ3) is 4.33. The van der Waals surface area contributed by atoms with Crippen molar-refractivity contribution in [3.8, 4) is 0 Å². The second kappa shape index (κ2) is 8.07. The van der Waals surface area contributed by atoms with Gasteiger partial charge in [0.1, 0.15) is 5.78 Å². The van der Waals surface area contributed by atoms with Gasteiger partial charge in [-0.25, -0.2) is 8.42 Å². The first-order valence-electron chi connectivity index (χ1n) is 7.79. The van der Waals surface area contributed by atoms with Gasteiger partial charge < -0.3 is 9.53 Å². The standard InChI is InChI=1S/C19H20O5S/c1-14(20)13-17(15-9-5-3-6-10-15)18(19(21)24-2)25(22,23)16-11-7-4-8-12-16/h3-12,17-18H,13H2,1-2H3/t17-,18?/m1/s1. The number of ketones is 1. The van der Waals surface area contributed by atoms with Crippen molar-refractivity contribution in [3.05, 3.63) is 66.2 Å². The topological polar surface area (TPSA) is 77.5 Å². The molecule has 2 atom stereocenters. The Bertz CT molecular complexity index is 829. The largest absolute Gasteiger partial charge is 0.468 e. The van der Waals surface area contributed by atoms with E-state index in [1.54, 1.807) is 48.5 Å². The van der Waals surface area contributed by atoms with E-state index in [1.165, 1.54) is 19.1 Å². The second-order valence-corrected chi connectivity index (χ2v) is 7.79. The number of hydrogen-bond donors (Lipinski definition) is 0. The molecule has 0 aliphatic heterocycles. The minimum Gasteiger partial charge on any atom is -0.468 e. The Morgan fingerprint density at radius 3 is 1.96 bits per heavy atom. The number of methoxy groups -OCH3 is 1. The van der Waals surface area contributed by atoms with E-state index in [0.29, 0.717) is 5.56 Å². The quantitative estimate of drug-likeness (QED) is 0.710. The molecule has 6 heteroatoms. The minimum atomic E-state index is -4.03. The van der Waals surface area contributed by atoms with Gasteiger partial charge in [-0.2, -0.15) is 0 Å². The Morgan fingerprint density at radius 1 is 0.960 bits per heavy atom. The molecule has 2 rings (SSSR count). The fraction of sp³-hybridized carbons (Fsp3) is 0.263. The number of carbonyl (C=O) groups excluding carboxylic acids is 2. The van der Waals surface area contributed by atoms with E-state index in [-0.39, 0.29) is 17.1 Å². The van der Waals surface area contributed by atoms with Crippen molar-refractivity contribution in [1.82, 2.24) is 0 Å². The summed E-state index contributed by atoms with van der Waals surface area (Å²) in [5.74, 6) is -1.90. The Morgan fingerprint density at radius 2 is 1.48 bits per heavy atom. The lowest BCUT2D eigenvalue weighted by atomic mass is 9.90. The molecule has 0 amide bonds. The molecule has 0 saturated carbocycles. The molecule has 0 spiro atoms. The fourth-order valence-corrected chi connectivity index (χ4v) is 4.65. The van der Waals surface area contributed by atoms with Crippen LogP contribution >= 0.6 is 0 Å². The summed E-state index contributed by atoms with van der Waals surface area (Å²) < 4.78 is 31.0. The third-order valence-corrected chi connectivity index (χ3v) is 6.06. The summed E-state index contributed by atoms with van der Waals surface area (Å²) in [7, 11) is -2.89. The minimum absolute atomic E-state index is 0.0230. The van der Waals surface area contributed by atoms with Crippen molar-refractivity contribution in [2.45, 2.75) is 29.4 Å². The number of carbonyl (C=O) groups is 2. The average molecular weight is 360 g/mol. The van der Waals surface area contributed by atoms with E-state index >= 15 is 0 Å². The van der Waals surface area contributed by atoms with Crippen LogP contribution in [0.5, 0.6) is 0 Å². The Hall–Kier alpha value is -2.47. The fourth-order valence-electron chi connectivity index (χ4n) is 2.79. The van der Waals surface area contributed by atoms with Gasteiger partial charge in [0.25, 0.3) is 0 Å². The van der Waals surface area contributed by atoms with Crippen molar-refractivity contribution >= 4 is 21.6 Å². The molecule has 2 aromatic carbocycles. The molecular weight excluding hydrogens is 340 g/mol. The van der Waals surface area contributed by atoms with Gasteiger partial charge in [0, 0.05) is 12.3 Å².